The Hall–Kier alpha value is -1.02. The molecule has 0 aliphatic carbocycles. The van der Waals surface area contributed by atoms with E-state index in [4.69, 9.17) is 4.74 Å². The SMILES string of the molecule is CC(C)(C)Oc1ccc2cc(Br)ccc2c1. The summed E-state index contributed by atoms with van der Waals surface area (Å²) in [7, 11) is 0. The number of hydrogen-bond acceptors (Lipinski definition) is 1. The summed E-state index contributed by atoms with van der Waals surface area (Å²) in [5.74, 6) is 0.919. The first-order valence-electron chi connectivity index (χ1n) is 5.32. The topological polar surface area (TPSA) is 9.23 Å². The Labute approximate surface area is 105 Å². The molecule has 0 atom stereocenters. The van der Waals surface area contributed by atoms with Crippen LogP contribution in [0.25, 0.3) is 10.8 Å². The normalized spacial score (nSPS) is 11.8. The van der Waals surface area contributed by atoms with Crippen molar-refractivity contribution in [1.82, 2.24) is 0 Å². The molecule has 0 amide bonds. The van der Waals surface area contributed by atoms with Crippen molar-refractivity contribution in [2.45, 2.75) is 26.4 Å². The number of fused-ring (bicyclic) bond motifs is 1. The van der Waals surface area contributed by atoms with Crippen molar-refractivity contribution < 1.29 is 4.74 Å². The van der Waals surface area contributed by atoms with Gasteiger partial charge in [0.1, 0.15) is 11.4 Å². The van der Waals surface area contributed by atoms with Crippen molar-refractivity contribution in [2.24, 2.45) is 0 Å². The molecule has 0 fully saturated rings. The highest BCUT2D eigenvalue weighted by atomic mass is 79.9. The summed E-state index contributed by atoms with van der Waals surface area (Å²) in [5.41, 5.74) is -0.150. The Balaban J connectivity index is 2.41. The van der Waals surface area contributed by atoms with E-state index in [0.29, 0.717) is 0 Å². The van der Waals surface area contributed by atoms with Gasteiger partial charge in [-0.1, -0.05) is 28.1 Å². The summed E-state index contributed by atoms with van der Waals surface area (Å²) in [4.78, 5) is 0. The molecule has 2 aromatic rings. The van der Waals surface area contributed by atoms with Crippen molar-refractivity contribution in [3.05, 3.63) is 40.9 Å². The van der Waals surface area contributed by atoms with Crippen LogP contribution >= 0.6 is 15.9 Å². The van der Waals surface area contributed by atoms with Crippen molar-refractivity contribution in [1.29, 1.82) is 0 Å². The van der Waals surface area contributed by atoms with Crippen LogP contribution in [0.4, 0.5) is 0 Å². The second-order valence-electron chi connectivity index (χ2n) is 4.87. The minimum Gasteiger partial charge on any atom is -0.488 e. The van der Waals surface area contributed by atoms with Crippen molar-refractivity contribution >= 4 is 26.7 Å². The number of hydrogen-bond donors (Lipinski definition) is 0. The third-order valence-corrected chi connectivity index (χ3v) is 2.69. The van der Waals surface area contributed by atoms with Gasteiger partial charge in [-0.25, -0.2) is 0 Å². The first-order chi connectivity index (χ1) is 7.44. The largest absolute Gasteiger partial charge is 0.488 e. The van der Waals surface area contributed by atoms with Gasteiger partial charge in [-0.15, -0.1) is 0 Å². The van der Waals surface area contributed by atoms with Crippen LogP contribution < -0.4 is 4.74 Å². The molecule has 0 N–H and O–H groups in total. The van der Waals surface area contributed by atoms with E-state index in [1.165, 1.54) is 10.8 Å². The smallest absolute Gasteiger partial charge is 0.120 e. The molecular weight excluding hydrogens is 264 g/mol. The Morgan fingerprint density at radius 1 is 0.938 bits per heavy atom. The number of benzene rings is 2. The van der Waals surface area contributed by atoms with Gasteiger partial charge in [0.05, 0.1) is 0 Å². The molecule has 2 rings (SSSR count). The standard InChI is InChI=1S/C14H15BrO/c1-14(2,3)16-13-7-5-10-8-12(15)6-4-11(10)9-13/h4-9H,1-3H3. The first kappa shape index (κ1) is 11.5. The van der Waals surface area contributed by atoms with Gasteiger partial charge >= 0.3 is 0 Å². The minimum atomic E-state index is -0.150. The van der Waals surface area contributed by atoms with Crippen LogP contribution in [-0.4, -0.2) is 5.60 Å². The van der Waals surface area contributed by atoms with Crippen LogP contribution in [0.3, 0.4) is 0 Å². The lowest BCUT2D eigenvalue weighted by atomic mass is 10.1. The third kappa shape index (κ3) is 2.76. The van der Waals surface area contributed by atoms with Gasteiger partial charge in [0.15, 0.2) is 0 Å². The van der Waals surface area contributed by atoms with E-state index in [2.05, 4.69) is 61.0 Å². The quantitative estimate of drug-likeness (QED) is 0.730. The van der Waals surface area contributed by atoms with Gasteiger partial charge in [0.25, 0.3) is 0 Å². The molecule has 84 valence electrons. The van der Waals surface area contributed by atoms with E-state index < -0.39 is 0 Å². The minimum absolute atomic E-state index is 0.150. The zero-order valence-electron chi connectivity index (χ0n) is 9.75. The molecule has 0 heterocycles. The second kappa shape index (κ2) is 4.10. The molecule has 0 aromatic heterocycles. The van der Waals surface area contributed by atoms with E-state index in [9.17, 15) is 0 Å². The Morgan fingerprint density at radius 2 is 1.56 bits per heavy atom. The van der Waals surface area contributed by atoms with Gasteiger partial charge in [-0.2, -0.15) is 0 Å². The average Bonchev–Trinajstić information content (AvgIpc) is 2.16. The van der Waals surface area contributed by atoms with Crippen molar-refractivity contribution in [3.8, 4) is 5.75 Å². The van der Waals surface area contributed by atoms with Crippen molar-refractivity contribution in [2.75, 3.05) is 0 Å². The van der Waals surface area contributed by atoms with E-state index in [-0.39, 0.29) is 5.60 Å². The molecule has 2 aromatic carbocycles. The zero-order chi connectivity index (χ0) is 11.8. The molecule has 0 bridgehead atoms. The van der Waals surface area contributed by atoms with Crippen LogP contribution in [0, 0.1) is 0 Å². The van der Waals surface area contributed by atoms with E-state index in [1.54, 1.807) is 0 Å². The van der Waals surface area contributed by atoms with Crippen molar-refractivity contribution in [3.63, 3.8) is 0 Å². The van der Waals surface area contributed by atoms with Crippen LogP contribution in [0.1, 0.15) is 20.8 Å². The Kier molecular flexibility index (Phi) is 2.94. The molecule has 0 aliphatic rings. The highest BCUT2D eigenvalue weighted by molar-refractivity contribution is 9.10. The predicted octanol–water partition coefficient (Wildman–Crippen LogP) is 4.78. The van der Waals surface area contributed by atoms with Crippen LogP contribution in [0.2, 0.25) is 0 Å². The lowest BCUT2D eigenvalue weighted by Crippen LogP contribution is -2.22. The fraction of sp³-hybridized carbons (Fsp3) is 0.286. The Bertz CT molecular complexity index is 512. The molecule has 0 saturated carbocycles. The molecule has 0 saturated heterocycles. The lowest BCUT2D eigenvalue weighted by molar-refractivity contribution is 0.131. The summed E-state index contributed by atoms with van der Waals surface area (Å²) in [6.07, 6.45) is 0. The van der Waals surface area contributed by atoms with E-state index in [0.717, 1.165) is 10.2 Å². The van der Waals surface area contributed by atoms with E-state index in [1.807, 2.05) is 12.1 Å². The van der Waals surface area contributed by atoms with Crippen LogP contribution in [0.5, 0.6) is 5.75 Å². The molecule has 0 aliphatic heterocycles. The summed E-state index contributed by atoms with van der Waals surface area (Å²) < 4.78 is 6.93. The summed E-state index contributed by atoms with van der Waals surface area (Å²) in [6, 6.07) is 12.4. The summed E-state index contributed by atoms with van der Waals surface area (Å²) >= 11 is 3.47. The lowest BCUT2D eigenvalue weighted by Gasteiger charge is -2.21. The first-order valence-corrected chi connectivity index (χ1v) is 6.12. The summed E-state index contributed by atoms with van der Waals surface area (Å²) in [6.45, 7) is 6.16. The fourth-order valence-electron chi connectivity index (χ4n) is 1.61. The highest BCUT2D eigenvalue weighted by Crippen LogP contribution is 2.26. The Morgan fingerprint density at radius 3 is 2.25 bits per heavy atom. The molecule has 1 nitrogen and oxygen atoms in total. The predicted molar refractivity (Wildman–Crippen MR) is 72.0 cm³/mol. The fourth-order valence-corrected chi connectivity index (χ4v) is 1.99. The highest BCUT2D eigenvalue weighted by Gasteiger charge is 2.11. The molecular formula is C14H15BrO. The van der Waals surface area contributed by atoms with Gasteiger partial charge in [-0.05, 0) is 55.8 Å². The monoisotopic (exact) mass is 278 g/mol. The maximum atomic E-state index is 5.83. The van der Waals surface area contributed by atoms with Crippen LogP contribution in [0.15, 0.2) is 40.9 Å². The molecule has 0 radical (unpaired) electrons. The van der Waals surface area contributed by atoms with Gasteiger partial charge in [0.2, 0.25) is 0 Å². The molecule has 16 heavy (non-hydrogen) atoms. The maximum Gasteiger partial charge on any atom is 0.120 e. The van der Waals surface area contributed by atoms with Crippen LogP contribution in [-0.2, 0) is 0 Å². The van der Waals surface area contributed by atoms with E-state index >= 15 is 0 Å². The molecule has 0 unspecified atom stereocenters. The second-order valence-corrected chi connectivity index (χ2v) is 5.78. The van der Waals surface area contributed by atoms with Gasteiger partial charge in [-0.3, -0.25) is 0 Å². The van der Waals surface area contributed by atoms with Gasteiger partial charge < -0.3 is 4.74 Å². The maximum absolute atomic E-state index is 5.83. The third-order valence-electron chi connectivity index (χ3n) is 2.20. The number of halogens is 1. The van der Waals surface area contributed by atoms with Gasteiger partial charge in [0, 0.05) is 4.47 Å². The average molecular weight is 279 g/mol. The number of rotatable bonds is 1. The number of ether oxygens (including phenoxy) is 1. The molecule has 2 heteroatoms. The zero-order valence-corrected chi connectivity index (χ0v) is 11.3. The molecule has 0 spiro atoms. The summed E-state index contributed by atoms with van der Waals surface area (Å²) in [5, 5.41) is 2.42.